The van der Waals surface area contributed by atoms with Crippen molar-refractivity contribution in [2.45, 2.75) is 51.8 Å². The summed E-state index contributed by atoms with van der Waals surface area (Å²) >= 11 is 0. The van der Waals surface area contributed by atoms with Crippen LogP contribution >= 0.6 is 0 Å². The van der Waals surface area contributed by atoms with Gasteiger partial charge in [0, 0.05) is 18.6 Å². The van der Waals surface area contributed by atoms with E-state index in [1.807, 2.05) is 12.1 Å². The largest absolute Gasteiger partial charge is 0.387 e. The van der Waals surface area contributed by atoms with Crippen LogP contribution in [0.1, 0.15) is 43.9 Å². The van der Waals surface area contributed by atoms with E-state index in [0.29, 0.717) is 6.04 Å². The Bertz CT molecular complexity index is 431. The first kappa shape index (κ1) is 16.5. The molecule has 1 heterocycles. The van der Waals surface area contributed by atoms with Gasteiger partial charge in [-0.15, -0.1) is 0 Å². The molecular formula is C18H30N2O. The van der Waals surface area contributed by atoms with E-state index in [1.54, 1.807) is 0 Å². The van der Waals surface area contributed by atoms with E-state index in [9.17, 15) is 5.11 Å². The molecule has 1 aromatic rings. The number of hydrogen-bond donors (Lipinski definition) is 1. The first-order valence-corrected chi connectivity index (χ1v) is 8.21. The number of likely N-dealkylation sites (N-methyl/N-ethyl adjacent to an activating group) is 2. The zero-order valence-corrected chi connectivity index (χ0v) is 13.9. The number of aliphatic hydroxyl groups is 1. The Morgan fingerprint density at radius 2 is 2.00 bits per heavy atom. The molecule has 118 valence electrons. The van der Waals surface area contributed by atoms with E-state index >= 15 is 0 Å². The maximum Gasteiger partial charge on any atom is 0.0942 e. The minimum absolute atomic E-state index is 0.131. The van der Waals surface area contributed by atoms with Gasteiger partial charge in [-0.1, -0.05) is 36.8 Å². The number of nitrogens with zero attached hydrogens (tertiary/aromatic N) is 2. The molecule has 1 fully saturated rings. The van der Waals surface area contributed by atoms with Crippen LogP contribution in [0, 0.1) is 6.92 Å². The van der Waals surface area contributed by atoms with Crippen LogP contribution in [-0.4, -0.2) is 53.7 Å². The number of likely N-dealkylation sites (tertiary alicyclic amines) is 1. The summed E-state index contributed by atoms with van der Waals surface area (Å²) in [7, 11) is 2.13. The molecule has 2 rings (SSSR count). The van der Waals surface area contributed by atoms with Crippen LogP contribution in [0.15, 0.2) is 24.3 Å². The summed E-state index contributed by atoms with van der Waals surface area (Å²) in [5.41, 5.74) is 2.25. The number of aliphatic hydroxyl groups excluding tert-OH is 1. The summed E-state index contributed by atoms with van der Waals surface area (Å²) in [4.78, 5) is 4.87. The topological polar surface area (TPSA) is 26.7 Å². The molecule has 0 radical (unpaired) electrons. The smallest absolute Gasteiger partial charge is 0.0942 e. The highest BCUT2D eigenvalue weighted by Gasteiger charge is 2.27. The van der Waals surface area contributed by atoms with Crippen molar-refractivity contribution in [2.75, 3.05) is 26.7 Å². The molecule has 0 saturated carbocycles. The Balaban J connectivity index is 1.94. The summed E-state index contributed by atoms with van der Waals surface area (Å²) in [6.07, 6.45) is 2.17. The molecule has 1 aliphatic rings. The minimum Gasteiger partial charge on any atom is -0.387 e. The number of aryl methyl sites for hydroxylation is 1. The van der Waals surface area contributed by atoms with E-state index in [4.69, 9.17) is 0 Å². The van der Waals surface area contributed by atoms with Crippen molar-refractivity contribution in [2.24, 2.45) is 0 Å². The van der Waals surface area contributed by atoms with Crippen molar-refractivity contribution in [3.05, 3.63) is 35.4 Å². The molecule has 1 aromatic carbocycles. The molecule has 1 N–H and O–H groups in total. The van der Waals surface area contributed by atoms with Crippen LogP contribution in [0.25, 0.3) is 0 Å². The Morgan fingerprint density at radius 1 is 1.33 bits per heavy atom. The number of benzene rings is 1. The molecule has 0 bridgehead atoms. The summed E-state index contributed by atoms with van der Waals surface area (Å²) in [5.74, 6) is 0. The molecule has 0 spiro atoms. The van der Waals surface area contributed by atoms with Gasteiger partial charge in [-0.25, -0.2) is 0 Å². The van der Waals surface area contributed by atoms with E-state index in [2.05, 4.69) is 49.8 Å². The maximum absolute atomic E-state index is 10.6. The molecule has 3 atom stereocenters. The fourth-order valence-corrected chi connectivity index (χ4v) is 3.30. The molecule has 21 heavy (non-hydrogen) atoms. The van der Waals surface area contributed by atoms with Crippen LogP contribution in [0.5, 0.6) is 0 Å². The number of rotatable bonds is 6. The van der Waals surface area contributed by atoms with E-state index in [1.165, 1.54) is 24.9 Å². The van der Waals surface area contributed by atoms with Crippen LogP contribution in [0.3, 0.4) is 0 Å². The molecular weight excluding hydrogens is 260 g/mol. The Hall–Kier alpha value is -0.900. The molecule has 3 heteroatoms. The highest BCUT2D eigenvalue weighted by molar-refractivity contribution is 5.24. The van der Waals surface area contributed by atoms with Gasteiger partial charge in [0.05, 0.1) is 6.10 Å². The Kier molecular flexibility index (Phi) is 5.80. The molecule has 0 aliphatic carbocycles. The molecule has 3 unspecified atom stereocenters. The molecule has 1 aliphatic heterocycles. The van der Waals surface area contributed by atoms with Crippen molar-refractivity contribution in [1.29, 1.82) is 0 Å². The number of hydrogen-bond acceptors (Lipinski definition) is 3. The van der Waals surface area contributed by atoms with Gasteiger partial charge in [-0.2, -0.15) is 0 Å². The monoisotopic (exact) mass is 290 g/mol. The average molecular weight is 290 g/mol. The van der Waals surface area contributed by atoms with Crippen LogP contribution in [0.2, 0.25) is 0 Å². The fraction of sp³-hybridized carbons (Fsp3) is 0.667. The highest BCUT2D eigenvalue weighted by atomic mass is 16.3. The predicted molar refractivity (Wildman–Crippen MR) is 88.5 cm³/mol. The van der Waals surface area contributed by atoms with Crippen LogP contribution < -0.4 is 0 Å². The van der Waals surface area contributed by atoms with E-state index in [0.717, 1.165) is 18.7 Å². The summed E-state index contributed by atoms with van der Waals surface area (Å²) < 4.78 is 0. The SMILES string of the molecule is CCN1CCCC1CN(C)C(C)C(O)c1ccc(C)cc1. The van der Waals surface area contributed by atoms with Crippen LogP contribution in [0.4, 0.5) is 0 Å². The first-order chi connectivity index (χ1) is 10.0. The van der Waals surface area contributed by atoms with E-state index < -0.39 is 6.10 Å². The second-order valence-corrected chi connectivity index (χ2v) is 6.46. The zero-order valence-electron chi connectivity index (χ0n) is 13.9. The average Bonchev–Trinajstić information content (AvgIpc) is 2.93. The summed E-state index contributed by atoms with van der Waals surface area (Å²) in [6, 6.07) is 9.00. The lowest BCUT2D eigenvalue weighted by Gasteiger charge is -2.33. The first-order valence-electron chi connectivity index (χ1n) is 8.21. The maximum atomic E-state index is 10.6. The lowest BCUT2D eigenvalue weighted by Crippen LogP contribution is -2.43. The summed E-state index contributed by atoms with van der Waals surface area (Å²) in [5, 5.41) is 10.6. The van der Waals surface area contributed by atoms with Gasteiger partial charge >= 0.3 is 0 Å². The fourth-order valence-electron chi connectivity index (χ4n) is 3.30. The highest BCUT2D eigenvalue weighted by Crippen LogP contribution is 2.23. The third kappa shape index (κ3) is 4.06. The zero-order chi connectivity index (χ0) is 15.4. The van der Waals surface area contributed by atoms with Crippen molar-refractivity contribution in [1.82, 2.24) is 9.80 Å². The van der Waals surface area contributed by atoms with E-state index in [-0.39, 0.29) is 6.04 Å². The lowest BCUT2D eigenvalue weighted by atomic mass is 10.0. The van der Waals surface area contributed by atoms with Gasteiger partial charge in [-0.05, 0) is 52.4 Å². The molecule has 1 saturated heterocycles. The van der Waals surface area contributed by atoms with Gasteiger partial charge in [0.1, 0.15) is 0 Å². The van der Waals surface area contributed by atoms with Gasteiger partial charge in [0.25, 0.3) is 0 Å². The minimum atomic E-state index is -0.424. The van der Waals surface area contributed by atoms with Crippen molar-refractivity contribution in [3.8, 4) is 0 Å². The van der Waals surface area contributed by atoms with Crippen molar-refractivity contribution < 1.29 is 5.11 Å². The Labute approximate surface area is 129 Å². The van der Waals surface area contributed by atoms with Gasteiger partial charge in [0.15, 0.2) is 0 Å². The second kappa shape index (κ2) is 7.39. The molecule has 0 amide bonds. The quantitative estimate of drug-likeness (QED) is 0.873. The predicted octanol–water partition coefficient (Wildman–Crippen LogP) is 2.83. The van der Waals surface area contributed by atoms with Gasteiger partial charge in [-0.3, -0.25) is 9.80 Å². The second-order valence-electron chi connectivity index (χ2n) is 6.46. The van der Waals surface area contributed by atoms with Gasteiger partial charge in [0.2, 0.25) is 0 Å². The molecule has 0 aromatic heterocycles. The lowest BCUT2D eigenvalue weighted by molar-refractivity contribution is 0.0589. The molecule has 3 nitrogen and oxygen atoms in total. The summed E-state index contributed by atoms with van der Waals surface area (Å²) in [6.45, 7) is 9.83. The van der Waals surface area contributed by atoms with Gasteiger partial charge < -0.3 is 5.11 Å². The normalized spacial score (nSPS) is 22.7. The standard InChI is InChI=1S/C18H30N2O/c1-5-20-12-6-7-17(20)13-19(4)15(3)18(21)16-10-8-14(2)9-11-16/h8-11,15,17-18,21H,5-7,12-13H2,1-4H3. The third-order valence-electron chi connectivity index (χ3n) is 4.98. The van der Waals surface area contributed by atoms with Crippen molar-refractivity contribution >= 4 is 0 Å². The van der Waals surface area contributed by atoms with Crippen LogP contribution in [-0.2, 0) is 0 Å². The third-order valence-corrected chi connectivity index (χ3v) is 4.98. The van der Waals surface area contributed by atoms with Crippen molar-refractivity contribution in [3.63, 3.8) is 0 Å². The Morgan fingerprint density at radius 3 is 2.62 bits per heavy atom.